The second-order valence-electron chi connectivity index (χ2n) is 5.07. The molecule has 0 aliphatic heterocycles. The molecule has 5 heteroatoms. The summed E-state index contributed by atoms with van der Waals surface area (Å²) in [6.45, 7) is 1.41. The van der Waals surface area contributed by atoms with Gasteiger partial charge in [0.15, 0.2) is 0 Å². The Kier molecular flexibility index (Phi) is 4.25. The molecule has 0 fully saturated rings. The van der Waals surface area contributed by atoms with Crippen LogP contribution in [0, 0.1) is 0 Å². The van der Waals surface area contributed by atoms with Crippen LogP contribution in [0.1, 0.15) is 16.2 Å². The molecule has 1 aromatic carbocycles. The largest absolute Gasteiger partial charge is 0.467 e. The third kappa shape index (κ3) is 3.04. The Labute approximate surface area is 128 Å². The quantitative estimate of drug-likeness (QED) is 0.761. The summed E-state index contributed by atoms with van der Waals surface area (Å²) in [6, 6.07) is 13.4. The number of ether oxygens (including phenoxy) is 1. The molecule has 0 spiro atoms. The maximum absolute atomic E-state index is 12.7. The van der Waals surface area contributed by atoms with E-state index < -0.39 is 0 Å². The molecular formula is C17H18N2O3. The molecule has 0 aliphatic rings. The van der Waals surface area contributed by atoms with Gasteiger partial charge >= 0.3 is 0 Å². The Morgan fingerprint density at radius 2 is 2.14 bits per heavy atom. The van der Waals surface area contributed by atoms with Crippen molar-refractivity contribution in [3.05, 3.63) is 60.2 Å². The number of nitrogens with one attached hydrogen (secondary N) is 1. The Bertz CT molecular complexity index is 713. The maximum atomic E-state index is 12.7. The van der Waals surface area contributed by atoms with Crippen molar-refractivity contribution in [1.29, 1.82) is 0 Å². The second-order valence-corrected chi connectivity index (χ2v) is 5.07. The number of nitrogens with zero attached hydrogens (tertiary/aromatic N) is 1. The first-order valence-corrected chi connectivity index (χ1v) is 7.16. The summed E-state index contributed by atoms with van der Waals surface area (Å²) in [5.74, 6) is 0.685. The van der Waals surface area contributed by atoms with E-state index in [1.807, 2.05) is 42.5 Å². The summed E-state index contributed by atoms with van der Waals surface area (Å²) >= 11 is 0. The number of methoxy groups -OCH3 is 1. The number of carbonyl (C=O) groups is 1. The molecule has 2 heterocycles. The second kappa shape index (κ2) is 6.49. The van der Waals surface area contributed by atoms with Gasteiger partial charge in [-0.2, -0.15) is 0 Å². The summed E-state index contributed by atoms with van der Waals surface area (Å²) in [5.41, 5.74) is 1.53. The molecule has 0 bridgehead atoms. The standard InChI is InChI=1S/C17H18N2O3/c1-21-10-8-19(12-14-6-4-9-22-14)17(20)16-11-13-5-2-3-7-15(13)18-16/h2-7,9,11,18H,8,10,12H2,1H3. The van der Waals surface area contributed by atoms with Gasteiger partial charge in [0.25, 0.3) is 5.91 Å². The summed E-state index contributed by atoms with van der Waals surface area (Å²) in [7, 11) is 1.62. The summed E-state index contributed by atoms with van der Waals surface area (Å²) < 4.78 is 10.4. The van der Waals surface area contributed by atoms with E-state index in [9.17, 15) is 4.79 Å². The van der Waals surface area contributed by atoms with Crippen LogP contribution in [-0.2, 0) is 11.3 Å². The number of carbonyl (C=O) groups excluding carboxylic acids is 1. The van der Waals surface area contributed by atoms with Gasteiger partial charge < -0.3 is 19.0 Å². The van der Waals surface area contributed by atoms with E-state index in [-0.39, 0.29) is 5.91 Å². The smallest absolute Gasteiger partial charge is 0.270 e. The van der Waals surface area contributed by atoms with Crippen LogP contribution in [0.3, 0.4) is 0 Å². The van der Waals surface area contributed by atoms with E-state index in [4.69, 9.17) is 9.15 Å². The molecule has 3 aromatic rings. The lowest BCUT2D eigenvalue weighted by Crippen LogP contribution is -2.33. The average molecular weight is 298 g/mol. The number of aromatic nitrogens is 1. The molecular weight excluding hydrogens is 280 g/mol. The number of rotatable bonds is 6. The molecule has 114 valence electrons. The molecule has 1 N–H and O–H groups in total. The molecule has 1 amide bonds. The van der Waals surface area contributed by atoms with Crippen LogP contribution in [0.15, 0.2) is 53.1 Å². The first-order valence-electron chi connectivity index (χ1n) is 7.16. The van der Waals surface area contributed by atoms with Crippen LogP contribution in [-0.4, -0.2) is 36.1 Å². The molecule has 0 radical (unpaired) electrons. The van der Waals surface area contributed by atoms with Crippen molar-refractivity contribution in [3.8, 4) is 0 Å². The number of aromatic amines is 1. The Balaban J connectivity index is 1.83. The van der Waals surface area contributed by atoms with Gasteiger partial charge in [0.05, 0.1) is 19.4 Å². The van der Waals surface area contributed by atoms with E-state index in [1.165, 1.54) is 0 Å². The van der Waals surface area contributed by atoms with Crippen LogP contribution >= 0.6 is 0 Å². The molecule has 5 nitrogen and oxygen atoms in total. The zero-order valence-corrected chi connectivity index (χ0v) is 12.4. The fourth-order valence-corrected chi connectivity index (χ4v) is 2.40. The van der Waals surface area contributed by atoms with E-state index in [0.29, 0.717) is 25.4 Å². The van der Waals surface area contributed by atoms with Crippen LogP contribution in [0.4, 0.5) is 0 Å². The van der Waals surface area contributed by atoms with Gasteiger partial charge in [0, 0.05) is 24.6 Å². The molecule has 0 saturated heterocycles. The van der Waals surface area contributed by atoms with Crippen molar-refractivity contribution in [2.45, 2.75) is 6.54 Å². The Morgan fingerprint density at radius 1 is 1.27 bits per heavy atom. The molecule has 0 atom stereocenters. The summed E-state index contributed by atoms with van der Waals surface area (Å²) in [4.78, 5) is 17.6. The van der Waals surface area contributed by atoms with Crippen molar-refractivity contribution >= 4 is 16.8 Å². The zero-order chi connectivity index (χ0) is 15.4. The highest BCUT2D eigenvalue weighted by Crippen LogP contribution is 2.17. The van der Waals surface area contributed by atoms with E-state index in [2.05, 4.69) is 4.98 Å². The van der Waals surface area contributed by atoms with Gasteiger partial charge in [0.1, 0.15) is 11.5 Å². The number of amides is 1. The van der Waals surface area contributed by atoms with Crippen molar-refractivity contribution in [2.75, 3.05) is 20.3 Å². The van der Waals surface area contributed by atoms with Crippen LogP contribution in [0.25, 0.3) is 10.9 Å². The SMILES string of the molecule is COCCN(Cc1ccco1)C(=O)c1cc2ccccc2[nH]1. The van der Waals surface area contributed by atoms with Crippen LogP contribution < -0.4 is 0 Å². The maximum Gasteiger partial charge on any atom is 0.270 e. The van der Waals surface area contributed by atoms with Gasteiger partial charge in [-0.05, 0) is 24.3 Å². The Hall–Kier alpha value is -2.53. The minimum Gasteiger partial charge on any atom is -0.467 e. The fourth-order valence-electron chi connectivity index (χ4n) is 2.40. The number of fused-ring (bicyclic) bond motifs is 1. The predicted octanol–water partition coefficient (Wildman–Crippen LogP) is 3.05. The zero-order valence-electron chi connectivity index (χ0n) is 12.4. The normalized spacial score (nSPS) is 11.0. The number of benzene rings is 1. The van der Waals surface area contributed by atoms with Gasteiger partial charge in [-0.1, -0.05) is 18.2 Å². The summed E-state index contributed by atoms with van der Waals surface area (Å²) in [6.07, 6.45) is 1.61. The highest BCUT2D eigenvalue weighted by molar-refractivity contribution is 5.98. The van der Waals surface area contributed by atoms with E-state index in [0.717, 1.165) is 16.7 Å². The van der Waals surface area contributed by atoms with Gasteiger partial charge in [0.2, 0.25) is 0 Å². The monoisotopic (exact) mass is 298 g/mol. The predicted molar refractivity (Wildman–Crippen MR) is 83.6 cm³/mol. The number of para-hydroxylation sites is 1. The summed E-state index contributed by atoms with van der Waals surface area (Å²) in [5, 5.41) is 1.02. The lowest BCUT2D eigenvalue weighted by atomic mass is 10.2. The molecule has 3 rings (SSSR count). The fraction of sp³-hybridized carbons (Fsp3) is 0.235. The number of hydrogen-bond donors (Lipinski definition) is 1. The first-order chi connectivity index (χ1) is 10.8. The van der Waals surface area contributed by atoms with Gasteiger partial charge in [-0.15, -0.1) is 0 Å². The third-order valence-corrected chi connectivity index (χ3v) is 3.54. The topological polar surface area (TPSA) is 58.5 Å². The molecule has 0 saturated carbocycles. The minimum absolute atomic E-state index is 0.0651. The third-order valence-electron chi connectivity index (χ3n) is 3.54. The highest BCUT2D eigenvalue weighted by Gasteiger charge is 2.19. The van der Waals surface area contributed by atoms with Crippen molar-refractivity contribution in [2.24, 2.45) is 0 Å². The lowest BCUT2D eigenvalue weighted by Gasteiger charge is -2.20. The number of furan rings is 1. The van der Waals surface area contributed by atoms with Gasteiger partial charge in [-0.3, -0.25) is 4.79 Å². The van der Waals surface area contributed by atoms with Crippen molar-refractivity contribution in [1.82, 2.24) is 9.88 Å². The Morgan fingerprint density at radius 3 is 2.86 bits per heavy atom. The molecule has 22 heavy (non-hydrogen) atoms. The molecule has 0 unspecified atom stereocenters. The highest BCUT2D eigenvalue weighted by atomic mass is 16.5. The van der Waals surface area contributed by atoms with Crippen molar-refractivity contribution < 1.29 is 13.9 Å². The average Bonchev–Trinajstić information content (AvgIpc) is 3.19. The van der Waals surface area contributed by atoms with Crippen LogP contribution in [0.5, 0.6) is 0 Å². The van der Waals surface area contributed by atoms with Crippen LogP contribution in [0.2, 0.25) is 0 Å². The number of H-pyrrole nitrogens is 1. The van der Waals surface area contributed by atoms with Gasteiger partial charge in [-0.25, -0.2) is 0 Å². The molecule has 2 aromatic heterocycles. The lowest BCUT2D eigenvalue weighted by molar-refractivity contribution is 0.0661. The van der Waals surface area contributed by atoms with Crippen molar-refractivity contribution in [3.63, 3.8) is 0 Å². The van der Waals surface area contributed by atoms with E-state index in [1.54, 1.807) is 18.3 Å². The minimum atomic E-state index is -0.0651. The molecule has 0 aliphatic carbocycles. The number of hydrogen-bond acceptors (Lipinski definition) is 3. The first kappa shape index (κ1) is 14.4. The van der Waals surface area contributed by atoms with E-state index >= 15 is 0 Å².